The van der Waals surface area contributed by atoms with E-state index in [9.17, 15) is 10.2 Å². The minimum atomic E-state index is -0.558. The summed E-state index contributed by atoms with van der Waals surface area (Å²) in [4.78, 5) is 0. The first-order chi connectivity index (χ1) is 10.8. The summed E-state index contributed by atoms with van der Waals surface area (Å²) in [5.41, 5.74) is 3.05. The molecule has 2 N–H and O–H groups in total. The molecular formula is C20H18O2. The zero-order valence-corrected chi connectivity index (χ0v) is 12.2. The van der Waals surface area contributed by atoms with Crippen LogP contribution in [0.2, 0.25) is 0 Å². The maximum Gasteiger partial charge on any atom is 0.126 e. The number of aliphatic hydroxyl groups is 1. The van der Waals surface area contributed by atoms with Crippen LogP contribution < -0.4 is 0 Å². The minimum Gasteiger partial charge on any atom is -0.507 e. The molecule has 3 aromatic rings. The number of aliphatic hydroxyl groups excluding tert-OH is 1. The maximum absolute atomic E-state index is 10.8. The highest BCUT2D eigenvalue weighted by molar-refractivity contribution is 5.89. The first-order valence-electron chi connectivity index (χ1n) is 7.72. The molecule has 0 spiro atoms. The third kappa shape index (κ3) is 1.99. The van der Waals surface area contributed by atoms with E-state index in [-0.39, 0.29) is 5.92 Å². The van der Waals surface area contributed by atoms with E-state index in [2.05, 4.69) is 6.07 Å². The van der Waals surface area contributed by atoms with Gasteiger partial charge >= 0.3 is 0 Å². The monoisotopic (exact) mass is 290 g/mol. The second kappa shape index (κ2) is 5.15. The number of rotatable bonds is 1. The predicted octanol–water partition coefficient (Wildman–Crippen LogP) is 4.31. The van der Waals surface area contributed by atoms with Crippen molar-refractivity contribution in [2.24, 2.45) is 0 Å². The normalized spacial score (nSPS) is 20.8. The molecule has 2 unspecified atom stereocenters. The van der Waals surface area contributed by atoms with Crippen LogP contribution in [0.25, 0.3) is 10.8 Å². The van der Waals surface area contributed by atoms with Crippen LogP contribution in [-0.4, -0.2) is 10.2 Å². The highest BCUT2D eigenvalue weighted by Crippen LogP contribution is 2.45. The second-order valence-electron chi connectivity index (χ2n) is 6.01. The molecule has 110 valence electrons. The smallest absolute Gasteiger partial charge is 0.126 e. The number of hydrogen-bond acceptors (Lipinski definition) is 2. The lowest BCUT2D eigenvalue weighted by Crippen LogP contribution is -2.19. The summed E-state index contributed by atoms with van der Waals surface area (Å²) in [6.45, 7) is 0. The molecule has 0 heterocycles. The molecule has 0 radical (unpaired) electrons. The summed E-state index contributed by atoms with van der Waals surface area (Å²) in [6.07, 6.45) is 1.23. The van der Waals surface area contributed by atoms with Crippen molar-refractivity contribution < 1.29 is 10.2 Å². The van der Waals surface area contributed by atoms with Gasteiger partial charge in [-0.25, -0.2) is 0 Å². The fraction of sp³-hybridized carbons (Fsp3) is 0.200. The van der Waals surface area contributed by atoms with Gasteiger partial charge in [0.1, 0.15) is 5.75 Å². The molecule has 2 nitrogen and oxygen atoms in total. The zero-order valence-electron chi connectivity index (χ0n) is 12.2. The lowest BCUT2D eigenvalue weighted by atomic mass is 9.77. The molecule has 0 aromatic heterocycles. The van der Waals surface area contributed by atoms with Crippen molar-refractivity contribution in [3.63, 3.8) is 0 Å². The van der Waals surface area contributed by atoms with Crippen LogP contribution in [0.1, 0.15) is 35.1 Å². The molecule has 0 amide bonds. The molecule has 0 fully saturated rings. The van der Waals surface area contributed by atoms with E-state index in [1.165, 1.54) is 5.56 Å². The van der Waals surface area contributed by atoms with Crippen LogP contribution in [0.15, 0.2) is 60.7 Å². The van der Waals surface area contributed by atoms with E-state index in [1.807, 2.05) is 54.6 Å². The van der Waals surface area contributed by atoms with Crippen molar-refractivity contribution >= 4 is 10.8 Å². The van der Waals surface area contributed by atoms with Gasteiger partial charge in [-0.2, -0.15) is 0 Å². The number of fused-ring (bicyclic) bond motifs is 2. The highest BCUT2D eigenvalue weighted by atomic mass is 16.3. The molecule has 0 saturated carbocycles. The van der Waals surface area contributed by atoms with Gasteiger partial charge in [0, 0.05) is 16.9 Å². The summed E-state index contributed by atoms with van der Waals surface area (Å²) >= 11 is 0. The summed E-state index contributed by atoms with van der Waals surface area (Å²) in [5.74, 6) is 0.251. The van der Waals surface area contributed by atoms with Gasteiger partial charge in [-0.1, -0.05) is 60.7 Å². The number of phenols is 1. The van der Waals surface area contributed by atoms with Crippen molar-refractivity contribution in [1.29, 1.82) is 0 Å². The Labute approximate surface area is 129 Å². The molecule has 1 aliphatic rings. The Balaban J connectivity index is 1.82. The fourth-order valence-electron chi connectivity index (χ4n) is 3.63. The SMILES string of the molecule is Oc1c(C2CCc3ccccc3C2O)ccc2ccccc12. The number of benzene rings is 3. The van der Waals surface area contributed by atoms with Crippen LogP contribution >= 0.6 is 0 Å². The first-order valence-corrected chi connectivity index (χ1v) is 7.72. The van der Waals surface area contributed by atoms with Crippen LogP contribution in [0.3, 0.4) is 0 Å². The lowest BCUT2D eigenvalue weighted by Gasteiger charge is -2.31. The van der Waals surface area contributed by atoms with E-state index < -0.39 is 6.10 Å². The number of aryl methyl sites for hydroxylation is 1. The average molecular weight is 290 g/mol. The third-order valence-corrected chi connectivity index (χ3v) is 4.81. The number of phenolic OH excluding ortho intramolecular Hbond substituents is 1. The topological polar surface area (TPSA) is 40.5 Å². The molecule has 0 saturated heterocycles. The molecule has 0 aliphatic heterocycles. The summed E-state index contributed by atoms with van der Waals surface area (Å²) in [5, 5.41) is 23.3. The second-order valence-corrected chi connectivity index (χ2v) is 6.01. The first kappa shape index (κ1) is 13.4. The molecule has 4 rings (SSSR count). The van der Waals surface area contributed by atoms with Gasteiger partial charge in [0.2, 0.25) is 0 Å². The van der Waals surface area contributed by atoms with Gasteiger partial charge in [-0.15, -0.1) is 0 Å². The van der Waals surface area contributed by atoms with Gasteiger partial charge in [0.05, 0.1) is 6.10 Å². The van der Waals surface area contributed by atoms with Crippen molar-refractivity contribution in [1.82, 2.24) is 0 Å². The molecule has 2 atom stereocenters. The van der Waals surface area contributed by atoms with Gasteiger partial charge in [0.15, 0.2) is 0 Å². The predicted molar refractivity (Wildman–Crippen MR) is 88.1 cm³/mol. The van der Waals surface area contributed by atoms with Gasteiger partial charge in [-0.3, -0.25) is 0 Å². The van der Waals surface area contributed by atoms with E-state index in [0.29, 0.717) is 5.75 Å². The third-order valence-electron chi connectivity index (χ3n) is 4.81. The van der Waals surface area contributed by atoms with Gasteiger partial charge in [-0.05, 0) is 29.4 Å². The van der Waals surface area contributed by atoms with Crippen molar-refractivity contribution in [2.75, 3.05) is 0 Å². The van der Waals surface area contributed by atoms with Crippen molar-refractivity contribution in [2.45, 2.75) is 24.9 Å². The molecule has 0 bridgehead atoms. The van der Waals surface area contributed by atoms with Crippen LogP contribution in [0, 0.1) is 0 Å². The largest absolute Gasteiger partial charge is 0.507 e. The quantitative estimate of drug-likeness (QED) is 0.701. The maximum atomic E-state index is 10.8. The zero-order chi connectivity index (χ0) is 15.1. The Morgan fingerprint density at radius 3 is 2.50 bits per heavy atom. The van der Waals surface area contributed by atoms with Crippen molar-refractivity contribution in [3.05, 3.63) is 77.4 Å². The van der Waals surface area contributed by atoms with Crippen LogP contribution in [0.4, 0.5) is 0 Å². The lowest BCUT2D eigenvalue weighted by molar-refractivity contribution is 0.130. The number of hydrogen-bond donors (Lipinski definition) is 2. The summed E-state index contributed by atoms with van der Waals surface area (Å²) < 4.78 is 0. The van der Waals surface area contributed by atoms with E-state index in [4.69, 9.17) is 0 Å². The Hall–Kier alpha value is -2.32. The van der Waals surface area contributed by atoms with Crippen LogP contribution in [-0.2, 0) is 6.42 Å². The Kier molecular flexibility index (Phi) is 3.12. The summed E-state index contributed by atoms with van der Waals surface area (Å²) in [7, 11) is 0. The van der Waals surface area contributed by atoms with Gasteiger partial charge in [0.25, 0.3) is 0 Å². The van der Waals surface area contributed by atoms with Crippen molar-refractivity contribution in [3.8, 4) is 5.75 Å². The molecule has 22 heavy (non-hydrogen) atoms. The summed E-state index contributed by atoms with van der Waals surface area (Å²) in [6, 6.07) is 19.8. The average Bonchev–Trinajstić information content (AvgIpc) is 2.57. The Morgan fingerprint density at radius 2 is 1.59 bits per heavy atom. The van der Waals surface area contributed by atoms with E-state index in [1.54, 1.807) is 0 Å². The Bertz CT molecular complexity index is 838. The minimum absolute atomic E-state index is 0.0560. The van der Waals surface area contributed by atoms with Crippen LogP contribution in [0.5, 0.6) is 5.75 Å². The molecule has 3 aromatic carbocycles. The fourth-order valence-corrected chi connectivity index (χ4v) is 3.63. The van der Waals surface area contributed by atoms with E-state index >= 15 is 0 Å². The van der Waals surface area contributed by atoms with Gasteiger partial charge < -0.3 is 10.2 Å². The highest BCUT2D eigenvalue weighted by Gasteiger charge is 2.30. The number of aromatic hydroxyl groups is 1. The molecule has 1 aliphatic carbocycles. The molecule has 2 heteroatoms. The molecular weight excluding hydrogens is 272 g/mol. The standard InChI is InChI=1S/C20H18O2/c21-19-15-7-3-1-5-13(15)9-11-17(19)18-12-10-14-6-2-4-8-16(14)20(18)22/h1-9,11,18,20-22H,10,12H2. The Morgan fingerprint density at radius 1 is 0.818 bits per heavy atom. The van der Waals surface area contributed by atoms with E-state index in [0.717, 1.165) is 34.7 Å².